The van der Waals surface area contributed by atoms with Gasteiger partial charge < -0.3 is 0 Å². The zero-order chi connectivity index (χ0) is 29.6. The first-order valence-electron chi connectivity index (χ1n) is 15.4. The van der Waals surface area contributed by atoms with Crippen molar-refractivity contribution in [1.82, 2.24) is 0 Å². The van der Waals surface area contributed by atoms with Crippen LogP contribution in [0.2, 0.25) is 0 Å². The Bertz CT molecular complexity index is 1480. The van der Waals surface area contributed by atoms with Crippen molar-refractivity contribution in [3.63, 3.8) is 0 Å². The molecule has 0 bridgehead atoms. The maximum atomic E-state index is 4.24. The molecule has 0 amide bonds. The highest BCUT2D eigenvalue weighted by molar-refractivity contribution is 5.76. The molecule has 41 heavy (non-hydrogen) atoms. The van der Waals surface area contributed by atoms with Crippen LogP contribution in [0.25, 0.3) is 22.3 Å². The Morgan fingerprint density at radius 1 is 0.951 bits per heavy atom. The molecule has 3 aromatic rings. The summed E-state index contributed by atoms with van der Waals surface area (Å²) in [6, 6.07) is 27.0. The van der Waals surface area contributed by atoms with E-state index in [0.29, 0.717) is 5.92 Å². The zero-order valence-electron chi connectivity index (χ0n) is 26.4. The first-order chi connectivity index (χ1) is 19.6. The minimum Gasteiger partial charge on any atom is -0.106 e. The second kappa shape index (κ2) is 13.0. The molecule has 0 heteroatoms. The normalized spacial score (nSPS) is 19.7. The van der Waals surface area contributed by atoms with Gasteiger partial charge >= 0.3 is 0 Å². The van der Waals surface area contributed by atoms with Gasteiger partial charge in [-0.3, -0.25) is 0 Å². The molecule has 0 aromatic heterocycles. The van der Waals surface area contributed by atoms with E-state index in [1.165, 1.54) is 45.4 Å². The summed E-state index contributed by atoms with van der Waals surface area (Å²) in [5, 5.41) is 0. The van der Waals surface area contributed by atoms with Crippen LogP contribution in [0.15, 0.2) is 97.1 Å². The largest absolute Gasteiger partial charge is 0.106 e. The van der Waals surface area contributed by atoms with Gasteiger partial charge in [0.05, 0.1) is 0 Å². The molecular formula is C41H48. The maximum Gasteiger partial charge on any atom is 0.0340 e. The summed E-state index contributed by atoms with van der Waals surface area (Å²) >= 11 is 0. The summed E-state index contributed by atoms with van der Waals surface area (Å²) < 4.78 is 0. The molecule has 0 spiro atoms. The number of hydrogen-bond acceptors (Lipinski definition) is 0. The summed E-state index contributed by atoms with van der Waals surface area (Å²) in [5.74, 6) is 6.61. The van der Waals surface area contributed by atoms with E-state index >= 15 is 0 Å². The number of aryl methyl sites for hydroxylation is 1. The molecule has 0 nitrogen and oxygen atoms in total. The third kappa shape index (κ3) is 6.68. The lowest BCUT2D eigenvalue weighted by Crippen LogP contribution is -2.34. The Balaban J connectivity index is 1.58. The van der Waals surface area contributed by atoms with E-state index in [-0.39, 0.29) is 10.8 Å². The number of allylic oxidation sites excluding steroid dienone is 5. The molecule has 0 radical (unpaired) electrons. The smallest absolute Gasteiger partial charge is 0.0340 e. The van der Waals surface area contributed by atoms with Crippen molar-refractivity contribution in [2.45, 2.75) is 86.5 Å². The van der Waals surface area contributed by atoms with Crippen molar-refractivity contribution in [2.75, 3.05) is 0 Å². The van der Waals surface area contributed by atoms with Crippen LogP contribution in [0.1, 0.15) is 102 Å². The Labute approximate surface area is 250 Å². The van der Waals surface area contributed by atoms with Gasteiger partial charge in [0.15, 0.2) is 0 Å². The molecule has 1 aliphatic rings. The van der Waals surface area contributed by atoms with Crippen LogP contribution >= 0.6 is 0 Å². The molecule has 1 aliphatic carbocycles. The lowest BCUT2D eigenvalue weighted by Gasteiger charge is -2.47. The van der Waals surface area contributed by atoms with Crippen LogP contribution in [-0.2, 0) is 0 Å². The summed E-state index contributed by atoms with van der Waals surface area (Å²) in [4.78, 5) is 0. The number of hydrogen-bond donors (Lipinski definition) is 0. The van der Waals surface area contributed by atoms with Crippen LogP contribution in [0, 0.1) is 29.6 Å². The van der Waals surface area contributed by atoms with Crippen molar-refractivity contribution < 1.29 is 0 Å². The van der Waals surface area contributed by atoms with E-state index in [4.69, 9.17) is 0 Å². The number of rotatable bonds is 9. The quantitative estimate of drug-likeness (QED) is 0.187. The van der Waals surface area contributed by atoms with Gasteiger partial charge in [-0.25, -0.2) is 0 Å². The zero-order valence-corrected chi connectivity index (χ0v) is 26.4. The Morgan fingerprint density at radius 3 is 2.27 bits per heavy atom. The summed E-state index contributed by atoms with van der Waals surface area (Å²) in [6.45, 7) is 20.3. The first-order valence-corrected chi connectivity index (χ1v) is 15.4. The fraction of sp³-hybridized carbons (Fsp3) is 0.366. The van der Waals surface area contributed by atoms with Crippen molar-refractivity contribution in [1.29, 1.82) is 0 Å². The summed E-state index contributed by atoms with van der Waals surface area (Å²) in [7, 11) is 0. The van der Waals surface area contributed by atoms with E-state index in [9.17, 15) is 0 Å². The average Bonchev–Trinajstić information content (AvgIpc) is 2.97. The van der Waals surface area contributed by atoms with Gasteiger partial charge in [0.1, 0.15) is 0 Å². The van der Waals surface area contributed by atoms with E-state index in [1.807, 2.05) is 6.92 Å². The molecule has 0 saturated heterocycles. The van der Waals surface area contributed by atoms with Crippen LogP contribution in [-0.4, -0.2) is 0 Å². The lowest BCUT2D eigenvalue weighted by molar-refractivity contribution is 0.285. The third-order valence-corrected chi connectivity index (χ3v) is 9.23. The minimum atomic E-state index is -0.0295. The fourth-order valence-electron chi connectivity index (χ4n) is 6.81. The highest BCUT2D eigenvalue weighted by Gasteiger charge is 2.43. The first kappa shape index (κ1) is 30.4. The predicted octanol–water partition coefficient (Wildman–Crippen LogP) is 11.8. The SMILES string of the molecule is C=C(CC#CC)c1ccc(C2=CC[C@](C)(CC[C@H](C)c3ccccc3-c3ccc(C)cc3)/C(=C\CC)C2(C)C)cc1. The standard InChI is InChI=1S/C41H48/c1-9-11-15-31(4)33-22-24-35(25-23-33)38-27-29-41(8,39(14-10-2)40(38,6)7)28-26-32(5)36-16-12-13-17-37(36)34-20-18-30(3)19-21-34/h12-14,16-25,27,32H,4,10,15,26,28-29H2,1-3,5-8H3/b39-14-/t32-,41-/m0/s1. The molecule has 4 rings (SSSR count). The Morgan fingerprint density at radius 2 is 1.61 bits per heavy atom. The van der Waals surface area contributed by atoms with Gasteiger partial charge in [-0.05, 0) is 89.8 Å². The number of benzene rings is 3. The molecule has 0 saturated carbocycles. The van der Waals surface area contributed by atoms with E-state index < -0.39 is 0 Å². The molecule has 0 N–H and O–H groups in total. The van der Waals surface area contributed by atoms with Gasteiger partial charge in [-0.15, -0.1) is 5.92 Å². The molecule has 3 aromatic carbocycles. The predicted molar refractivity (Wildman–Crippen MR) is 181 cm³/mol. The van der Waals surface area contributed by atoms with E-state index in [0.717, 1.165) is 31.3 Å². The van der Waals surface area contributed by atoms with Crippen molar-refractivity contribution in [3.05, 3.63) is 119 Å². The van der Waals surface area contributed by atoms with Crippen LogP contribution < -0.4 is 0 Å². The lowest BCUT2D eigenvalue weighted by atomic mass is 9.57. The molecule has 0 aliphatic heterocycles. The summed E-state index contributed by atoms with van der Waals surface area (Å²) in [6.07, 6.45) is 10.3. The van der Waals surface area contributed by atoms with Gasteiger partial charge in [0.25, 0.3) is 0 Å². The molecule has 0 unspecified atom stereocenters. The minimum absolute atomic E-state index is 0.0295. The highest BCUT2D eigenvalue weighted by Crippen LogP contribution is 2.56. The van der Waals surface area contributed by atoms with E-state index in [2.05, 4.69) is 145 Å². The van der Waals surface area contributed by atoms with Gasteiger partial charge in [0.2, 0.25) is 0 Å². The van der Waals surface area contributed by atoms with Crippen molar-refractivity contribution in [2.24, 2.45) is 10.8 Å². The molecule has 212 valence electrons. The fourth-order valence-corrected chi connectivity index (χ4v) is 6.81. The average molecular weight is 541 g/mol. The molecule has 0 fully saturated rings. The monoisotopic (exact) mass is 540 g/mol. The van der Waals surface area contributed by atoms with Gasteiger partial charge in [0, 0.05) is 11.8 Å². The second-order valence-electron chi connectivity index (χ2n) is 12.7. The van der Waals surface area contributed by atoms with Gasteiger partial charge in [-0.2, -0.15) is 0 Å². The maximum absolute atomic E-state index is 4.24. The second-order valence-corrected chi connectivity index (χ2v) is 12.7. The molecule has 2 atom stereocenters. The van der Waals surface area contributed by atoms with Crippen LogP contribution in [0.3, 0.4) is 0 Å². The third-order valence-electron chi connectivity index (χ3n) is 9.23. The van der Waals surface area contributed by atoms with Crippen LogP contribution in [0.5, 0.6) is 0 Å². The highest BCUT2D eigenvalue weighted by atomic mass is 14.5. The molecular weight excluding hydrogens is 492 g/mol. The van der Waals surface area contributed by atoms with Crippen molar-refractivity contribution >= 4 is 11.1 Å². The molecule has 0 heterocycles. The summed E-state index contributed by atoms with van der Waals surface area (Å²) in [5.41, 5.74) is 12.2. The Kier molecular flexibility index (Phi) is 9.60. The van der Waals surface area contributed by atoms with Crippen LogP contribution in [0.4, 0.5) is 0 Å². The van der Waals surface area contributed by atoms with Crippen molar-refractivity contribution in [3.8, 4) is 23.0 Å². The van der Waals surface area contributed by atoms with E-state index in [1.54, 1.807) is 5.57 Å². The topological polar surface area (TPSA) is 0 Å². The van der Waals surface area contributed by atoms with Gasteiger partial charge in [-0.1, -0.05) is 143 Å². The Hall–Kier alpha value is -3.56.